The summed E-state index contributed by atoms with van der Waals surface area (Å²) in [6.07, 6.45) is 0.974. The lowest BCUT2D eigenvalue weighted by molar-refractivity contribution is 0.414. The topological polar surface area (TPSA) is 33.6 Å². The van der Waals surface area contributed by atoms with Crippen molar-refractivity contribution in [3.05, 3.63) is 29.8 Å². The molecule has 1 atom stereocenters. The summed E-state index contributed by atoms with van der Waals surface area (Å²) < 4.78 is 5.15. The van der Waals surface area contributed by atoms with Crippen LogP contribution in [0.2, 0.25) is 0 Å². The Morgan fingerprint density at radius 1 is 1.37 bits per heavy atom. The Balaban J connectivity index is 1.79. The van der Waals surface area contributed by atoms with E-state index in [4.69, 9.17) is 4.74 Å². The summed E-state index contributed by atoms with van der Waals surface area (Å²) in [6, 6.07) is 8.78. The van der Waals surface area contributed by atoms with Crippen LogP contribution < -0.4 is 10.1 Å². The summed E-state index contributed by atoms with van der Waals surface area (Å²) in [5.74, 6) is 2.71. The van der Waals surface area contributed by atoms with Crippen LogP contribution in [0, 0.1) is 5.92 Å². The second kappa shape index (κ2) is 6.85. The highest BCUT2D eigenvalue weighted by Crippen LogP contribution is 2.19. The summed E-state index contributed by atoms with van der Waals surface area (Å²) in [5, 5.41) is 4.59. The van der Waals surface area contributed by atoms with Crippen LogP contribution in [0.25, 0.3) is 0 Å². The molecule has 1 fully saturated rings. The number of nitrogens with zero attached hydrogens (tertiary/aromatic N) is 1. The summed E-state index contributed by atoms with van der Waals surface area (Å²) in [6.45, 7) is 5.34. The van der Waals surface area contributed by atoms with Gasteiger partial charge in [-0.15, -0.1) is 0 Å². The van der Waals surface area contributed by atoms with Crippen LogP contribution in [0.5, 0.6) is 5.75 Å². The zero-order valence-electron chi connectivity index (χ0n) is 11.8. The lowest BCUT2D eigenvalue weighted by Gasteiger charge is -2.13. The highest BCUT2D eigenvalue weighted by molar-refractivity contribution is 8.14. The second-order valence-electron chi connectivity index (χ2n) is 5.09. The molecule has 104 valence electrons. The standard InChI is InChI=1S/C15H22N2OS/c1-11(2)14-10-19-15(17-14)16-9-8-12-4-6-13(18-3)7-5-12/h4-7,11,14H,8-10H2,1-3H3,(H,16,17)/t14-/m1/s1. The van der Waals surface area contributed by atoms with Crippen molar-refractivity contribution < 1.29 is 4.74 Å². The van der Waals surface area contributed by atoms with Crippen molar-refractivity contribution in [1.82, 2.24) is 5.32 Å². The lowest BCUT2D eigenvalue weighted by atomic mass is 10.1. The van der Waals surface area contributed by atoms with Gasteiger partial charge < -0.3 is 10.1 Å². The first-order valence-electron chi connectivity index (χ1n) is 6.75. The molecular formula is C15H22N2OS. The van der Waals surface area contributed by atoms with E-state index in [1.807, 2.05) is 23.9 Å². The van der Waals surface area contributed by atoms with Gasteiger partial charge >= 0.3 is 0 Å². The minimum absolute atomic E-state index is 0.574. The van der Waals surface area contributed by atoms with Crippen molar-refractivity contribution in [2.45, 2.75) is 26.3 Å². The zero-order chi connectivity index (χ0) is 13.7. The highest BCUT2D eigenvalue weighted by atomic mass is 32.2. The third-order valence-corrected chi connectivity index (χ3v) is 4.37. The van der Waals surface area contributed by atoms with E-state index in [2.05, 4.69) is 36.3 Å². The summed E-state index contributed by atoms with van der Waals surface area (Å²) in [7, 11) is 1.69. The Morgan fingerprint density at radius 3 is 2.68 bits per heavy atom. The molecule has 1 aliphatic rings. The maximum absolute atomic E-state index is 5.15. The third-order valence-electron chi connectivity index (χ3n) is 3.33. The number of rotatable bonds is 5. The Kier molecular flexibility index (Phi) is 5.14. The molecule has 0 bridgehead atoms. The molecule has 2 rings (SSSR count). The number of thioether (sulfide) groups is 1. The molecule has 1 aromatic carbocycles. The van der Waals surface area contributed by atoms with Gasteiger partial charge in [0.05, 0.1) is 7.11 Å². The molecule has 3 nitrogen and oxygen atoms in total. The fraction of sp³-hybridized carbons (Fsp3) is 0.533. The predicted molar refractivity (Wildman–Crippen MR) is 83.2 cm³/mol. The van der Waals surface area contributed by atoms with Gasteiger partial charge in [0.2, 0.25) is 0 Å². The fourth-order valence-electron chi connectivity index (χ4n) is 1.94. The van der Waals surface area contributed by atoms with Gasteiger partial charge in [-0.25, -0.2) is 0 Å². The first kappa shape index (κ1) is 14.3. The number of hydrogen-bond donors (Lipinski definition) is 1. The number of benzene rings is 1. The maximum Gasteiger partial charge on any atom is 0.156 e. The van der Waals surface area contributed by atoms with Crippen molar-refractivity contribution in [3.63, 3.8) is 0 Å². The van der Waals surface area contributed by atoms with Gasteiger partial charge in [0.25, 0.3) is 0 Å². The van der Waals surface area contributed by atoms with E-state index in [9.17, 15) is 0 Å². The van der Waals surface area contributed by atoms with Crippen molar-refractivity contribution in [2.75, 3.05) is 19.4 Å². The smallest absolute Gasteiger partial charge is 0.156 e. The number of ether oxygens (including phenoxy) is 1. The minimum Gasteiger partial charge on any atom is -0.497 e. The number of aliphatic imine (C=N–C) groups is 1. The molecule has 0 aromatic heterocycles. The molecule has 0 spiro atoms. The Labute approximate surface area is 119 Å². The second-order valence-corrected chi connectivity index (χ2v) is 6.10. The van der Waals surface area contributed by atoms with Crippen LogP contribution in [-0.2, 0) is 6.42 Å². The lowest BCUT2D eigenvalue weighted by Crippen LogP contribution is -2.31. The molecular weight excluding hydrogens is 256 g/mol. The molecule has 0 radical (unpaired) electrons. The van der Waals surface area contributed by atoms with Crippen molar-refractivity contribution in [2.24, 2.45) is 10.9 Å². The van der Waals surface area contributed by atoms with Crippen LogP contribution in [0.15, 0.2) is 29.3 Å². The molecule has 19 heavy (non-hydrogen) atoms. The number of amidine groups is 1. The largest absolute Gasteiger partial charge is 0.497 e. The molecule has 1 N–H and O–H groups in total. The van der Waals surface area contributed by atoms with Gasteiger partial charge in [0, 0.05) is 18.3 Å². The van der Waals surface area contributed by atoms with E-state index in [-0.39, 0.29) is 0 Å². The molecule has 0 unspecified atom stereocenters. The van der Waals surface area contributed by atoms with Crippen LogP contribution in [-0.4, -0.2) is 30.6 Å². The maximum atomic E-state index is 5.15. The molecule has 4 heteroatoms. The van der Waals surface area contributed by atoms with Crippen LogP contribution in [0.4, 0.5) is 0 Å². The first-order valence-corrected chi connectivity index (χ1v) is 7.74. The van der Waals surface area contributed by atoms with E-state index in [0.29, 0.717) is 12.0 Å². The highest BCUT2D eigenvalue weighted by Gasteiger charge is 2.22. The average molecular weight is 278 g/mol. The van der Waals surface area contributed by atoms with Gasteiger partial charge in [-0.1, -0.05) is 37.7 Å². The monoisotopic (exact) mass is 278 g/mol. The van der Waals surface area contributed by atoms with Crippen molar-refractivity contribution >= 4 is 16.9 Å². The van der Waals surface area contributed by atoms with E-state index in [0.717, 1.165) is 29.6 Å². The van der Waals surface area contributed by atoms with Crippen LogP contribution in [0.1, 0.15) is 19.4 Å². The van der Waals surface area contributed by atoms with Gasteiger partial charge in [0.15, 0.2) is 5.17 Å². The third kappa shape index (κ3) is 4.16. The zero-order valence-corrected chi connectivity index (χ0v) is 12.7. The first-order chi connectivity index (χ1) is 9.19. The van der Waals surface area contributed by atoms with Gasteiger partial charge in [0.1, 0.15) is 5.75 Å². The molecule has 1 aliphatic heterocycles. The van der Waals surface area contributed by atoms with E-state index in [1.165, 1.54) is 5.56 Å². The summed E-state index contributed by atoms with van der Waals surface area (Å²) in [5.41, 5.74) is 1.30. The summed E-state index contributed by atoms with van der Waals surface area (Å²) in [4.78, 5) is 4.63. The molecule has 1 heterocycles. The van der Waals surface area contributed by atoms with Gasteiger partial charge in [-0.3, -0.25) is 4.99 Å². The normalized spacial score (nSPS) is 20.8. The van der Waals surface area contributed by atoms with Crippen molar-refractivity contribution in [3.8, 4) is 5.75 Å². The summed E-state index contributed by atoms with van der Waals surface area (Å²) >= 11 is 1.84. The SMILES string of the molecule is COc1ccc(CCN=C2N[C@@H](C(C)C)CS2)cc1. The van der Waals surface area contributed by atoms with Gasteiger partial charge in [-0.05, 0) is 30.0 Å². The van der Waals surface area contributed by atoms with Crippen LogP contribution in [0.3, 0.4) is 0 Å². The van der Waals surface area contributed by atoms with E-state index in [1.54, 1.807) is 7.11 Å². The number of methoxy groups -OCH3 is 1. The molecule has 0 aliphatic carbocycles. The van der Waals surface area contributed by atoms with Crippen molar-refractivity contribution in [1.29, 1.82) is 0 Å². The number of nitrogens with one attached hydrogen (secondary N) is 1. The fourth-order valence-corrected chi connectivity index (χ4v) is 3.16. The quantitative estimate of drug-likeness (QED) is 0.899. The molecule has 1 aromatic rings. The molecule has 0 amide bonds. The average Bonchev–Trinajstić information content (AvgIpc) is 2.89. The Bertz CT molecular complexity index is 428. The Hall–Kier alpha value is -1.16. The predicted octanol–water partition coefficient (Wildman–Crippen LogP) is 2.95. The Morgan fingerprint density at radius 2 is 2.11 bits per heavy atom. The van der Waals surface area contributed by atoms with E-state index < -0.39 is 0 Å². The molecule has 1 saturated heterocycles. The minimum atomic E-state index is 0.574. The van der Waals surface area contributed by atoms with Gasteiger partial charge in [-0.2, -0.15) is 0 Å². The molecule has 0 saturated carbocycles. The van der Waals surface area contributed by atoms with Crippen LogP contribution >= 0.6 is 11.8 Å². The number of hydrogen-bond acceptors (Lipinski definition) is 3. The van der Waals surface area contributed by atoms with E-state index >= 15 is 0 Å².